The number of benzene rings is 2. The van der Waals surface area contributed by atoms with Crippen molar-refractivity contribution in [1.82, 2.24) is 25.1 Å². The third-order valence-corrected chi connectivity index (χ3v) is 6.27. The van der Waals surface area contributed by atoms with E-state index in [0.717, 1.165) is 27.5 Å². The molecule has 3 aromatic heterocycles. The summed E-state index contributed by atoms with van der Waals surface area (Å²) in [5.74, 6) is -0.192. The summed E-state index contributed by atoms with van der Waals surface area (Å²) < 4.78 is 15.8. The number of aromatic nitrogens is 5. The molecule has 5 aromatic rings. The Morgan fingerprint density at radius 2 is 2.00 bits per heavy atom. The Bertz CT molecular complexity index is 1420. The van der Waals surface area contributed by atoms with E-state index in [0.29, 0.717) is 22.9 Å². The molecule has 0 aliphatic carbocycles. The van der Waals surface area contributed by atoms with Crippen LogP contribution in [0.4, 0.5) is 10.3 Å². The zero-order valence-electron chi connectivity index (χ0n) is 17.0. The number of thiophene rings is 1. The molecule has 5 rings (SSSR count). The molecule has 0 radical (unpaired) electrons. The molecule has 2 aromatic carbocycles. The molecule has 0 saturated carbocycles. The highest BCUT2D eigenvalue weighted by atomic mass is 32.1. The molecule has 158 valence electrons. The van der Waals surface area contributed by atoms with Gasteiger partial charge in [-0.2, -0.15) is 4.79 Å². The maximum absolute atomic E-state index is 14.8. The number of carbonyl (C=O) groups is 1. The third kappa shape index (κ3) is 3.42. The number of halogens is 1. The lowest BCUT2D eigenvalue weighted by atomic mass is 9.99. The number of carbonyl (C=O) groups excluding carboxylic acids is 1. The summed E-state index contributed by atoms with van der Waals surface area (Å²) in [4.78, 5) is 22.4. The Hall–Kier alpha value is -3.98. The molecule has 0 unspecified atom stereocenters. The molecule has 0 spiro atoms. The van der Waals surface area contributed by atoms with Crippen LogP contribution in [-0.2, 0) is 0 Å². The molecular weight excluding hydrogens is 427 g/mol. The van der Waals surface area contributed by atoms with Gasteiger partial charge in [0.15, 0.2) is 12.1 Å². The predicted molar refractivity (Wildman–Crippen MR) is 122 cm³/mol. The molecule has 0 aliphatic heterocycles. The fourth-order valence-corrected chi connectivity index (χ4v) is 4.78. The van der Waals surface area contributed by atoms with E-state index in [2.05, 4.69) is 20.3 Å². The summed E-state index contributed by atoms with van der Waals surface area (Å²) in [6.45, 7) is 2.44. The van der Waals surface area contributed by atoms with Gasteiger partial charge in [-0.15, -0.1) is 16.4 Å². The molecule has 0 aliphatic rings. The molecule has 3 heterocycles. The minimum atomic E-state index is -0.509. The van der Waals surface area contributed by atoms with Crippen molar-refractivity contribution in [3.63, 3.8) is 0 Å². The summed E-state index contributed by atoms with van der Waals surface area (Å²) in [7, 11) is 0. The Balaban J connectivity index is 1.64. The van der Waals surface area contributed by atoms with Crippen LogP contribution in [0.2, 0.25) is 0 Å². The molecular formula is C23H17FN6OS. The second-order valence-electron chi connectivity index (χ2n) is 6.95. The van der Waals surface area contributed by atoms with E-state index in [9.17, 15) is 9.18 Å². The number of hydrogen-bond acceptors (Lipinski definition) is 7. The fourth-order valence-electron chi connectivity index (χ4n) is 3.60. The predicted octanol–water partition coefficient (Wildman–Crippen LogP) is 4.86. The molecule has 7 nitrogen and oxygen atoms in total. The van der Waals surface area contributed by atoms with Crippen molar-refractivity contribution in [2.75, 3.05) is 11.6 Å². The highest BCUT2D eigenvalue weighted by Gasteiger charge is 2.18. The summed E-state index contributed by atoms with van der Waals surface area (Å²) in [5, 5.41) is 10.4. The van der Waals surface area contributed by atoms with Crippen molar-refractivity contribution < 1.29 is 9.18 Å². The van der Waals surface area contributed by atoms with E-state index in [-0.39, 0.29) is 5.69 Å². The first-order valence-electron chi connectivity index (χ1n) is 9.93. The molecule has 9 heteroatoms. The maximum Gasteiger partial charge on any atom is 0.246 e. The Morgan fingerprint density at radius 1 is 1.16 bits per heavy atom. The van der Waals surface area contributed by atoms with E-state index < -0.39 is 5.82 Å². The highest BCUT2D eigenvalue weighted by molar-refractivity contribution is 7.22. The van der Waals surface area contributed by atoms with Gasteiger partial charge in [0.25, 0.3) is 0 Å². The van der Waals surface area contributed by atoms with Gasteiger partial charge in [-0.1, -0.05) is 42.5 Å². The largest absolute Gasteiger partial charge is 0.298 e. The molecule has 0 bridgehead atoms. The van der Waals surface area contributed by atoms with Gasteiger partial charge in [-0.05, 0) is 29.2 Å². The van der Waals surface area contributed by atoms with Crippen LogP contribution in [0.3, 0.4) is 0 Å². The zero-order chi connectivity index (χ0) is 22.1. The second kappa shape index (κ2) is 8.27. The summed E-state index contributed by atoms with van der Waals surface area (Å²) in [6, 6.07) is 15.2. The normalized spacial score (nSPS) is 11.1. The van der Waals surface area contributed by atoms with Crippen LogP contribution in [0.1, 0.15) is 17.3 Å². The third-order valence-electron chi connectivity index (χ3n) is 5.07. The average Bonchev–Trinajstić information content (AvgIpc) is 3.50. The minimum absolute atomic E-state index is 0.212. The van der Waals surface area contributed by atoms with Gasteiger partial charge in [-0.25, -0.2) is 19.4 Å². The molecule has 32 heavy (non-hydrogen) atoms. The lowest BCUT2D eigenvalue weighted by Gasteiger charge is -2.19. The van der Waals surface area contributed by atoms with E-state index in [1.54, 1.807) is 23.5 Å². The number of aldehydes is 1. The molecule has 0 atom stereocenters. The highest BCUT2D eigenvalue weighted by Crippen LogP contribution is 2.40. The van der Waals surface area contributed by atoms with Crippen LogP contribution in [0.5, 0.6) is 0 Å². The van der Waals surface area contributed by atoms with Crippen LogP contribution in [-0.4, -0.2) is 37.9 Å². The van der Waals surface area contributed by atoms with Gasteiger partial charge in [0.2, 0.25) is 5.95 Å². The Morgan fingerprint density at radius 3 is 2.78 bits per heavy atom. The second-order valence-corrected chi connectivity index (χ2v) is 8.00. The quantitative estimate of drug-likeness (QED) is 0.348. The van der Waals surface area contributed by atoms with Crippen LogP contribution in [0, 0.1) is 5.82 Å². The van der Waals surface area contributed by atoms with Gasteiger partial charge in [-0.3, -0.25) is 4.79 Å². The Kier molecular flexibility index (Phi) is 5.16. The van der Waals surface area contributed by atoms with Crippen LogP contribution in [0.15, 0.2) is 67.1 Å². The van der Waals surface area contributed by atoms with Gasteiger partial charge in [0, 0.05) is 22.4 Å². The number of nitrogens with zero attached hydrogens (tertiary/aromatic N) is 6. The summed E-state index contributed by atoms with van der Waals surface area (Å²) >= 11 is 1.43. The number of fused-ring (bicyclic) bond motifs is 1. The number of anilines is 1. The first kappa shape index (κ1) is 20.0. The lowest BCUT2D eigenvalue weighted by molar-refractivity contribution is 0.112. The van der Waals surface area contributed by atoms with E-state index in [1.165, 1.54) is 22.3 Å². The van der Waals surface area contributed by atoms with Crippen molar-refractivity contribution in [1.29, 1.82) is 0 Å². The standard InChI is InChI=1S/C23H17FN6OS/c1-2-29(30-11-10-26-28-30)23-25-13-19(24)21(27-23)20-12-15-7-5-9-18(22(15)32-20)17-8-4-3-6-16(17)14-31/h3-14H,2H2,1H3. The van der Waals surface area contributed by atoms with Crippen molar-refractivity contribution in [3.8, 4) is 21.7 Å². The van der Waals surface area contributed by atoms with E-state index in [4.69, 9.17) is 0 Å². The SMILES string of the molecule is CCN(c1ncc(F)c(-c2cc3cccc(-c4ccccc4C=O)c3s2)n1)n1ccnn1. The van der Waals surface area contributed by atoms with Crippen molar-refractivity contribution >= 4 is 33.7 Å². The summed E-state index contributed by atoms with van der Waals surface area (Å²) in [6.07, 6.45) is 5.25. The monoisotopic (exact) mass is 444 g/mol. The number of rotatable bonds is 6. The summed E-state index contributed by atoms with van der Waals surface area (Å²) in [5.41, 5.74) is 2.59. The van der Waals surface area contributed by atoms with Gasteiger partial charge in [0.1, 0.15) is 5.69 Å². The van der Waals surface area contributed by atoms with Crippen LogP contribution < -0.4 is 5.01 Å². The zero-order valence-corrected chi connectivity index (χ0v) is 17.8. The van der Waals surface area contributed by atoms with Crippen molar-refractivity contribution in [2.24, 2.45) is 0 Å². The van der Waals surface area contributed by atoms with Crippen LogP contribution >= 0.6 is 11.3 Å². The topological polar surface area (TPSA) is 76.8 Å². The first-order valence-corrected chi connectivity index (χ1v) is 10.8. The molecule has 0 N–H and O–H groups in total. The molecule has 0 saturated heterocycles. The van der Waals surface area contributed by atoms with Crippen molar-refractivity contribution in [3.05, 3.63) is 78.5 Å². The number of hydrogen-bond donors (Lipinski definition) is 0. The first-order chi connectivity index (χ1) is 15.7. The lowest BCUT2D eigenvalue weighted by Crippen LogP contribution is -2.31. The Labute approximate surface area is 186 Å². The van der Waals surface area contributed by atoms with E-state index in [1.807, 2.05) is 49.4 Å². The fraction of sp³-hybridized carbons (Fsp3) is 0.0870. The van der Waals surface area contributed by atoms with E-state index >= 15 is 0 Å². The molecule has 0 amide bonds. The van der Waals surface area contributed by atoms with Gasteiger partial charge in [0.05, 0.1) is 23.5 Å². The molecule has 0 fully saturated rings. The smallest absolute Gasteiger partial charge is 0.246 e. The average molecular weight is 444 g/mol. The van der Waals surface area contributed by atoms with Gasteiger partial charge < -0.3 is 0 Å². The maximum atomic E-state index is 14.8. The van der Waals surface area contributed by atoms with Crippen LogP contribution in [0.25, 0.3) is 31.8 Å². The van der Waals surface area contributed by atoms with Gasteiger partial charge >= 0.3 is 0 Å². The minimum Gasteiger partial charge on any atom is -0.298 e. The van der Waals surface area contributed by atoms with Crippen molar-refractivity contribution in [2.45, 2.75) is 6.92 Å².